The summed E-state index contributed by atoms with van der Waals surface area (Å²) in [6.45, 7) is 7.77. The number of hydrogen-bond donors (Lipinski definition) is 0. The van der Waals surface area contributed by atoms with E-state index in [1.807, 2.05) is 6.92 Å². The van der Waals surface area contributed by atoms with Crippen LogP contribution in [-0.4, -0.2) is 12.9 Å². The molecule has 0 amide bonds. The van der Waals surface area contributed by atoms with Gasteiger partial charge in [0.25, 0.3) is 0 Å². The zero-order valence-electron chi connectivity index (χ0n) is 6.09. The first kappa shape index (κ1) is 8.50. The van der Waals surface area contributed by atoms with Crippen LogP contribution in [0.1, 0.15) is 20.3 Å². The fourth-order valence-corrected chi connectivity index (χ4v) is 0.321. The summed E-state index contributed by atoms with van der Waals surface area (Å²) in [6, 6.07) is 0. The van der Waals surface area contributed by atoms with Gasteiger partial charge in [-0.05, 0) is 13.3 Å². The zero-order valence-corrected chi connectivity index (χ0v) is 6.09. The fourth-order valence-electron chi connectivity index (χ4n) is 0.321. The lowest BCUT2D eigenvalue weighted by atomic mass is 10.3. The standard InChI is InChI=1S/C7H14O2/c1-4-7(3)9-6-8-5-2/h5,7H,2,4,6H2,1,3H3. The largest absolute Gasteiger partial charge is 0.476 e. The normalized spacial score (nSPS) is 12.7. The molecule has 0 N–H and O–H groups in total. The van der Waals surface area contributed by atoms with Gasteiger partial charge in [0.15, 0.2) is 6.79 Å². The molecule has 0 bridgehead atoms. The van der Waals surface area contributed by atoms with Gasteiger partial charge in [0.05, 0.1) is 12.4 Å². The monoisotopic (exact) mass is 130 g/mol. The average molecular weight is 130 g/mol. The maximum atomic E-state index is 5.14. The minimum Gasteiger partial charge on any atom is -0.476 e. The van der Waals surface area contributed by atoms with Crippen molar-refractivity contribution in [2.45, 2.75) is 26.4 Å². The third-order valence-corrected chi connectivity index (χ3v) is 1.11. The second-order valence-electron chi connectivity index (χ2n) is 1.84. The Balaban J connectivity index is 2.96. The Morgan fingerprint density at radius 3 is 2.78 bits per heavy atom. The molecule has 0 spiro atoms. The Kier molecular flexibility index (Phi) is 5.32. The van der Waals surface area contributed by atoms with Crippen molar-refractivity contribution >= 4 is 0 Å². The van der Waals surface area contributed by atoms with E-state index in [1.54, 1.807) is 0 Å². The molecular formula is C7H14O2. The lowest BCUT2D eigenvalue weighted by molar-refractivity contribution is -0.0502. The van der Waals surface area contributed by atoms with E-state index < -0.39 is 0 Å². The summed E-state index contributed by atoms with van der Waals surface area (Å²) in [5.74, 6) is 0. The molecular weight excluding hydrogens is 116 g/mol. The molecule has 0 saturated carbocycles. The molecule has 2 nitrogen and oxygen atoms in total. The summed E-state index contributed by atoms with van der Waals surface area (Å²) in [6.07, 6.45) is 2.67. The van der Waals surface area contributed by atoms with Gasteiger partial charge in [-0.25, -0.2) is 0 Å². The first-order valence-corrected chi connectivity index (χ1v) is 3.15. The quantitative estimate of drug-likeness (QED) is 0.321. The van der Waals surface area contributed by atoms with Crippen LogP contribution in [0.25, 0.3) is 0 Å². The average Bonchev–Trinajstić information content (AvgIpc) is 1.89. The summed E-state index contributed by atoms with van der Waals surface area (Å²) < 4.78 is 9.89. The van der Waals surface area contributed by atoms with Crippen LogP contribution >= 0.6 is 0 Å². The maximum absolute atomic E-state index is 5.14. The summed E-state index contributed by atoms with van der Waals surface area (Å²) in [7, 11) is 0. The molecule has 0 aliphatic carbocycles. The van der Waals surface area contributed by atoms with Crippen LogP contribution in [0.4, 0.5) is 0 Å². The molecule has 0 fully saturated rings. The van der Waals surface area contributed by atoms with Crippen molar-refractivity contribution in [3.63, 3.8) is 0 Å². The topological polar surface area (TPSA) is 18.5 Å². The van der Waals surface area contributed by atoms with Crippen LogP contribution in [0.3, 0.4) is 0 Å². The number of ether oxygens (including phenoxy) is 2. The van der Waals surface area contributed by atoms with E-state index in [4.69, 9.17) is 9.47 Å². The first-order chi connectivity index (χ1) is 4.31. The van der Waals surface area contributed by atoms with Gasteiger partial charge in [-0.15, -0.1) is 0 Å². The Labute approximate surface area is 56.5 Å². The van der Waals surface area contributed by atoms with Crippen molar-refractivity contribution in [1.29, 1.82) is 0 Å². The highest BCUT2D eigenvalue weighted by Crippen LogP contribution is 1.94. The lowest BCUT2D eigenvalue weighted by Gasteiger charge is -2.08. The highest BCUT2D eigenvalue weighted by molar-refractivity contribution is 4.46. The third kappa shape index (κ3) is 5.37. The molecule has 9 heavy (non-hydrogen) atoms. The highest BCUT2D eigenvalue weighted by atomic mass is 16.7. The summed E-state index contributed by atoms with van der Waals surface area (Å²) >= 11 is 0. The predicted octanol–water partition coefficient (Wildman–Crippen LogP) is 1.92. The fraction of sp³-hybridized carbons (Fsp3) is 0.714. The van der Waals surface area contributed by atoms with Gasteiger partial charge in [0.2, 0.25) is 0 Å². The van der Waals surface area contributed by atoms with E-state index in [2.05, 4.69) is 13.5 Å². The number of hydrogen-bond acceptors (Lipinski definition) is 2. The summed E-state index contributed by atoms with van der Waals surface area (Å²) in [5.41, 5.74) is 0. The highest BCUT2D eigenvalue weighted by Gasteiger charge is 1.94. The minimum absolute atomic E-state index is 0.282. The van der Waals surface area contributed by atoms with Crippen LogP contribution in [0, 0.1) is 0 Å². The van der Waals surface area contributed by atoms with Gasteiger partial charge in [-0.2, -0.15) is 0 Å². The van der Waals surface area contributed by atoms with Crippen molar-refractivity contribution < 1.29 is 9.47 Å². The van der Waals surface area contributed by atoms with E-state index >= 15 is 0 Å². The molecule has 0 saturated heterocycles. The molecule has 0 aromatic heterocycles. The molecule has 0 aliphatic rings. The van der Waals surface area contributed by atoms with E-state index in [-0.39, 0.29) is 6.10 Å². The molecule has 1 unspecified atom stereocenters. The van der Waals surface area contributed by atoms with E-state index in [0.29, 0.717) is 6.79 Å². The third-order valence-electron chi connectivity index (χ3n) is 1.11. The Bertz CT molecular complexity index is 71.3. The van der Waals surface area contributed by atoms with E-state index in [1.165, 1.54) is 6.26 Å². The summed E-state index contributed by atoms with van der Waals surface area (Å²) in [5, 5.41) is 0. The van der Waals surface area contributed by atoms with Gasteiger partial charge in [-0.1, -0.05) is 13.5 Å². The second-order valence-corrected chi connectivity index (χ2v) is 1.84. The Morgan fingerprint density at radius 1 is 1.67 bits per heavy atom. The first-order valence-electron chi connectivity index (χ1n) is 3.15. The van der Waals surface area contributed by atoms with Crippen LogP contribution < -0.4 is 0 Å². The van der Waals surface area contributed by atoms with Gasteiger partial charge in [0, 0.05) is 0 Å². The Morgan fingerprint density at radius 2 is 2.33 bits per heavy atom. The molecule has 0 radical (unpaired) electrons. The van der Waals surface area contributed by atoms with Gasteiger partial charge in [0.1, 0.15) is 0 Å². The minimum atomic E-state index is 0.282. The molecule has 0 heterocycles. The van der Waals surface area contributed by atoms with Crippen molar-refractivity contribution in [2.75, 3.05) is 6.79 Å². The summed E-state index contributed by atoms with van der Waals surface area (Å²) in [4.78, 5) is 0. The van der Waals surface area contributed by atoms with E-state index in [0.717, 1.165) is 6.42 Å². The van der Waals surface area contributed by atoms with Crippen molar-refractivity contribution in [1.82, 2.24) is 0 Å². The molecule has 0 aromatic carbocycles. The molecule has 0 aromatic rings. The Hall–Kier alpha value is -0.500. The van der Waals surface area contributed by atoms with Crippen molar-refractivity contribution in [2.24, 2.45) is 0 Å². The SMILES string of the molecule is C=COCOC(C)CC. The molecule has 2 heteroatoms. The van der Waals surface area contributed by atoms with Gasteiger partial charge < -0.3 is 9.47 Å². The number of rotatable bonds is 5. The van der Waals surface area contributed by atoms with Crippen LogP contribution in [0.15, 0.2) is 12.8 Å². The zero-order chi connectivity index (χ0) is 7.11. The molecule has 0 rings (SSSR count). The molecule has 54 valence electrons. The van der Waals surface area contributed by atoms with Crippen molar-refractivity contribution in [3.8, 4) is 0 Å². The molecule has 0 aliphatic heterocycles. The van der Waals surface area contributed by atoms with Crippen LogP contribution in [0.2, 0.25) is 0 Å². The second kappa shape index (κ2) is 5.63. The van der Waals surface area contributed by atoms with Crippen LogP contribution in [-0.2, 0) is 9.47 Å². The van der Waals surface area contributed by atoms with Crippen LogP contribution in [0.5, 0.6) is 0 Å². The maximum Gasteiger partial charge on any atom is 0.188 e. The van der Waals surface area contributed by atoms with Gasteiger partial charge in [-0.3, -0.25) is 0 Å². The lowest BCUT2D eigenvalue weighted by Crippen LogP contribution is -2.07. The van der Waals surface area contributed by atoms with E-state index in [9.17, 15) is 0 Å². The predicted molar refractivity (Wildman–Crippen MR) is 37.0 cm³/mol. The molecule has 1 atom stereocenters. The van der Waals surface area contributed by atoms with Crippen molar-refractivity contribution in [3.05, 3.63) is 12.8 Å². The van der Waals surface area contributed by atoms with Gasteiger partial charge >= 0.3 is 0 Å². The smallest absolute Gasteiger partial charge is 0.188 e.